The molecule has 2 aromatic heterocycles. The molecule has 4 nitrogen and oxygen atoms in total. The van der Waals surface area contributed by atoms with Gasteiger partial charge in [-0.15, -0.1) is 0 Å². The Hall–Kier alpha value is -7.30. The molecule has 3 heterocycles. The van der Waals surface area contributed by atoms with E-state index < -0.39 is 0 Å². The second-order valence-electron chi connectivity index (χ2n) is 14.6. The van der Waals surface area contributed by atoms with Crippen molar-refractivity contribution in [2.45, 2.75) is 13.3 Å². The van der Waals surface area contributed by atoms with Crippen LogP contribution in [0, 0.1) is 0 Å². The number of rotatable bonds is 6. The van der Waals surface area contributed by atoms with Gasteiger partial charge in [0.15, 0.2) is 0 Å². The average molecular weight is 721 g/mol. The third kappa shape index (κ3) is 5.14. The van der Waals surface area contributed by atoms with Crippen molar-refractivity contribution in [3.63, 3.8) is 0 Å². The molecule has 8 aromatic carbocycles. The molecule has 0 saturated carbocycles. The van der Waals surface area contributed by atoms with E-state index in [1.807, 2.05) is 6.07 Å². The Labute approximate surface area is 324 Å². The first-order valence-electron chi connectivity index (χ1n) is 19.1. The molecule has 0 N–H and O–H groups in total. The van der Waals surface area contributed by atoms with E-state index in [0.29, 0.717) is 0 Å². The molecule has 1 aliphatic heterocycles. The highest BCUT2D eigenvalue weighted by Gasteiger charge is 2.25. The fourth-order valence-corrected chi connectivity index (χ4v) is 8.62. The van der Waals surface area contributed by atoms with E-state index in [-0.39, 0.29) is 0 Å². The second kappa shape index (κ2) is 12.9. The minimum absolute atomic E-state index is 0.809. The quantitative estimate of drug-likeness (QED) is 0.171. The minimum Gasteiger partial charge on any atom is -0.456 e. The van der Waals surface area contributed by atoms with Crippen LogP contribution >= 0.6 is 0 Å². The van der Waals surface area contributed by atoms with Crippen LogP contribution in [0.2, 0.25) is 0 Å². The monoisotopic (exact) mass is 720 g/mol. The number of fused-ring (bicyclic) bond motifs is 8. The molecule has 0 spiro atoms. The molecule has 266 valence electrons. The van der Waals surface area contributed by atoms with Crippen molar-refractivity contribution in [1.29, 1.82) is 0 Å². The van der Waals surface area contributed by atoms with Gasteiger partial charge in [-0.05, 0) is 78.2 Å². The van der Waals surface area contributed by atoms with Gasteiger partial charge in [-0.25, -0.2) is 0 Å². The fourth-order valence-electron chi connectivity index (χ4n) is 8.62. The lowest BCUT2D eigenvalue weighted by Crippen LogP contribution is -2.11. The summed E-state index contributed by atoms with van der Waals surface area (Å²) in [6, 6.07) is 66.7. The molecule has 0 amide bonds. The van der Waals surface area contributed by atoms with Gasteiger partial charge in [0.05, 0.1) is 22.1 Å². The Morgan fingerprint density at radius 1 is 0.518 bits per heavy atom. The molecule has 0 unspecified atom stereocenters. The van der Waals surface area contributed by atoms with Gasteiger partial charge in [0.25, 0.3) is 0 Å². The van der Waals surface area contributed by atoms with Gasteiger partial charge in [-0.1, -0.05) is 127 Å². The molecule has 0 fully saturated rings. The van der Waals surface area contributed by atoms with Gasteiger partial charge in [0, 0.05) is 56.8 Å². The third-order valence-corrected chi connectivity index (χ3v) is 11.2. The van der Waals surface area contributed by atoms with Gasteiger partial charge in [0.2, 0.25) is 0 Å². The first-order chi connectivity index (χ1) is 27.7. The maximum atomic E-state index is 6.81. The molecular formula is C52H36N2O2. The van der Waals surface area contributed by atoms with Crippen LogP contribution in [0.4, 0.5) is 17.1 Å². The number of furan rings is 1. The van der Waals surface area contributed by atoms with E-state index in [2.05, 4.69) is 198 Å². The van der Waals surface area contributed by atoms with E-state index >= 15 is 0 Å². The van der Waals surface area contributed by atoms with Crippen molar-refractivity contribution in [3.05, 3.63) is 205 Å². The Kier molecular flexibility index (Phi) is 7.42. The SMILES string of the molecule is CC1=C(c2ccccc2)Oc2c(ccc3oc4cc(N(c5ccc6c7ccccc7n(-c7ccccc7)c6c5)c5ccccc5-c5ccccc5)ccc4c23)C1. The third-order valence-electron chi connectivity index (χ3n) is 11.2. The van der Waals surface area contributed by atoms with Crippen LogP contribution in [0.5, 0.6) is 5.75 Å². The van der Waals surface area contributed by atoms with Crippen molar-refractivity contribution in [2.24, 2.45) is 0 Å². The van der Waals surface area contributed by atoms with Crippen LogP contribution in [0.15, 0.2) is 198 Å². The number of ether oxygens (including phenoxy) is 1. The number of allylic oxidation sites excluding steroid dienone is 1. The maximum absolute atomic E-state index is 6.81. The number of nitrogens with zero attached hydrogens (tertiary/aromatic N) is 2. The predicted octanol–water partition coefficient (Wildman–Crippen LogP) is 14.2. The van der Waals surface area contributed by atoms with Crippen molar-refractivity contribution in [2.75, 3.05) is 4.90 Å². The molecule has 10 aromatic rings. The Morgan fingerprint density at radius 3 is 1.96 bits per heavy atom. The molecule has 4 heteroatoms. The van der Waals surface area contributed by atoms with E-state index in [9.17, 15) is 0 Å². The lowest BCUT2D eigenvalue weighted by Gasteiger charge is -2.28. The Balaban J connectivity index is 1.12. The van der Waals surface area contributed by atoms with Gasteiger partial charge < -0.3 is 18.6 Å². The summed E-state index contributed by atoms with van der Waals surface area (Å²) < 4.78 is 15.9. The molecular weight excluding hydrogens is 685 g/mol. The summed E-state index contributed by atoms with van der Waals surface area (Å²) in [5.74, 6) is 1.80. The molecule has 0 atom stereocenters. The van der Waals surface area contributed by atoms with Crippen molar-refractivity contribution < 1.29 is 9.15 Å². The highest BCUT2D eigenvalue weighted by molar-refractivity contribution is 6.12. The zero-order chi connectivity index (χ0) is 37.2. The average Bonchev–Trinajstić information content (AvgIpc) is 3.80. The number of para-hydroxylation sites is 3. The zero-order valence-electron chi connectivity index (χ0n) is 30.8. The standard InChI is InChI=1S/C52H36N2O2/c1-34-31-37-25-30-48-50(52(37)56-51(34)36-17-7-3-8-18-36)44-29-27-40(33-49(44)55-48)53(45-23-13-11-21-41(45)35-15-5-2-6-16-35)39-26-28-43-42-22-12-14-24-46(42)54(47(43)32-39)38-19-9-4-10-20-38/h2-30,32-33H,31H2,1H3. The zero-order valence-corrected chi connectivity index (χ0v) is 30.8. The molecule has 0 radical (unpaired) electrons. The maximum Gasteiger partial charge on any atom is 0.142 e. The number of anilines is 3. The number of hydrogen-bond acceptors (Lipinski definition) is 3. The summed E-state index contributed by atoms with van der Waals surface area (Å²) in [7, 11) is 0. The van der Waals surface area contributed by atoms with Crippen LogP contribution in [-0.4, -0.2) is 4.57 Å². The van der Waals surface area contributed by atoms with Crippen LogP contribution < -0.4 is 9.64 Å². The second-order valence-corrected chi connectivity index (χ2v) is 14.6. The highest BCUT2D eigenvalue weighted by atomic mass is 16.5. The first kappa shape index (κ1) is 32.2. The number of aromatic nitrogens is 1. The van der Waals surface area contributed by atoms with Crippen LogP contribution in [0.1, 0.15) is 18.1 Å². The van der Waals surface area contributed by atoms with E-state index in [1.54, 1.807) is 0 Å². The van der Waals surface area contributed by atoms with E-state index in [4.69, 9.17) is 9.15 Å². The molecule has 11 rings (SSSR count). The predicted molar refractivity (Wildman–Crippen MR) is 232 cm³/mol. The summed E-state index contributed by atoms with van der Waals surface area (Å²) in [5.41, 5.74) is 13.9. The van der Waals surface area contributed by atoms with Crippen molar-refractivity contribution >= 4 is 66.6 Å². The Morgan fingerprint density at radius 2 is 1.16 bits per heavy atom. The minimum atomic E-state index is 0.809. The fraction of sp³-hybridized carbons (Fsp3) is 0.0385. The lowest BCUT2D eigenvalue weighted by atomic mass is 9.96. The largest absolute Gasteiger partial charge is 0.456 e. The number of hydrogen-bond donors (Lipinski definition) is 0. The van der Waals surface area contributed by atoms with Gasteiger partial charge in [0.1, 0.15) is 22.7 Å². The number of benzene rings is 8. The van der Waals surface area contributed by atoms with Gasteiger partial charge in [-0.3, -0.25) is 0 Å². The smallest absolute Gasteiger partial charge is 0.142 e. The van der Waals surface area contributed by atoms with Gasteiger partial charge >= 0.3 is 0 Å². The Bertz CT molecular complexity index is 3140. The highest BCUT2D eigenvalue weighted by Crippen LogP contribution is 2.47. The van der Waals surface area contributed by atoms with E-state index in [1.165, 1.54) is 27.4 Å². The van der Waals surface area contributed by atoms with Gasteiger partial charge in [-0.2, -0.15) is 0 Å². The van der Waals surface area contributed by atoms with Crippen LogP contribution in [-0.2, 0) is 6.42 Å². The van der Waals surface area contributed by atoms with Crippen LogP contribution in [0.25, 0.3) is 66.3 Å². The lowest BCUT2D eigenvalue weighted by molar-refractivity contribution is 0.497. The van der Waals surface area contributed by atoms with E-state index in [0.717, 1.165) is 84.8 Å². The summed E-state index contributed by atoms with van der Waals surface area (Å²) in [4.78, 5) is 2.37. The molecule has 0 bridgehead atoms. The summed E-state index contributed by atoms with van der Waals surface area (Å²) in [6.07, 6.45) is 0.826. The van der Waals surface area contributed by atoms with Crippen molar-refractivity contribution in [1.82, 2.24) is 4.57 Å². The molecule has 0 aliphatic carbocycles. The molecule has 56 heavy (non-hydrogen) atoms. The van der Waals surface area contributed by atoms with Crippen molar-refractivity contribution in [3.8, 4) is 22.6 Å². The normalized spacial score (nSPS) is 12.7. The summed E-state index contributed by atoms with van der Waals surface area (Å²) >= 11 is 0. The molecule has 0 saturated heterocycles. The van der Waals surface area contributed by atoms with Crippen LogP contribution in [0.3, 0.4) is 0 Å². The summed E-state index contributed by atoms with van der Waals surface area (Å²) in [5, 5.41) is 4.48. The first-order valence-corrected chi connectivity index (χ1v) is 19.1. The summed E-state index contributed by atoms with van der Waals surface area (Å²) in [6.45, 7) is 2.16. The molecule has 1 aliphatic rings. The topological polar surface area (TPSA) is 30.5 Å².